The highest BCUT2D eigenvalue weighted by molar-refractivity contribution is 6.14. The smallest absolute Gasteiger partial charge is 0.324 e. The first-order valence-electron chi connectivity index (χ1n) is 5.64. The Kier molecular flexibility index (Phi) is 3.89. The quantitative estimate of drug-likeness (QED) is 0.680. The van der Waals surface area contributed by atoms with E-state index >= 15 is 0 Å². The standard InChI is InChI=1S/C13H15ClN2O2/c1-16-8-9(7-11(15-14)13(17)18-2)10-5-3-4-6-12(10)16/h3-6,8,11,15H,7H2,1-2H3/t11-/m0/s1. The number of halogens is 1. The molecule has 2 aromatic rings. The molecule has 1 N–H and O–H groups in total. The van der Waals surface area contributed by atoms with Gasteiger partial charge in [-0.25, -0.2) is 4.84 Å². The Labute approximate surface area is 111 Å². The zero-order valence-corrected chi connectivity index (χ0v) is 11.1. The van der Waals surface area contributed by atoms with E-state index in [-0.39, 0.29) is 5.97 Å². The molecule has 0 aliphatic carbocycles. The number of nitrogens with zero attached hydrogens (tertiary/aromatic N) is 1. The highest BCUT2D eigenvalue weighted by atomic mass is 35.5. The number of para-hydroxylation sites is 1. The normalized spacial score (nSPS) is 12.6. The van der Waals surface area contributed by atoms with Gasteiger partial charge in [-0.2, -0.15) is 0 Å². The fourth-order valence-corrected chi connectivity index (χ4v) is 2.28. The van der Waals surface area contributed by atoms with E-state index < -0.39 is 6.04 Å². The molecule has 4 nitrogen and oxygen atoms in total. The molecule has 1 heterocycles. The number of carbonyl (C=O) groups excluding carboxylic acids is 1. The number of esters is 1. The maximum Gasteiger partial charge on any atom is 0.324 e. The van der Waals surface area contributed by atoms with Gasteiger partial charge in [0.15, 0.2) is 0 Å². The summed E-state index contributed by atoms with van der Waals surface area (Å²) in [6.45, 7) is 0. The van der Waals surface area contributed by atoms with Gasteiger partial charge in [0.2, 0.25) is 0 Å². The molecule has 18 heavy (non-hydrogen) atoms. The maximum absolute atomic E-state index is 11.5. The number of aryl methyl sites for hydroxylation is 1. The van der Waals surface area contributed by atoms with Crippen LogP contribution in [0.5, 0.6) is 0 Å². The summed E-state index contributed by atoms with van der Waals surface area (Å²) >= 11 is 5.59. The van der Waals surface area contributed by atoms with Crippen molar-refractivity contribution in [2.24, 2.45) is 7.05 Å². The molecule has 0 saturated carbocycles. The molecule has 5 heteroatoms. The van der Waals surface area contributed by atoms with Crippen LogP contribution in [0.15, 0.2) is 30.5 Å². The van der Waals surface area contributed by atoms with Gasteiger partial charge in [0.05, 0.1) is 7.11 Å². The second kappa shape index (κ2) is 5.42. The summed E-state index contributed by atoms with van der Waals surface area (Å²) in [5.41, 5.74) is 2.20. The fourth-order valence-electron chi connectivity index (χ4n) is 2.12. The number of nitrogens with one attached hydrogen (secondary N) is 1. The van der Waals surface area contributed by atoms with Crippen LogP contribution in [0, 0.1) is 0 Å². The first-order valence-corrected chi connectivity index (χ1v) is 6.02. The number of hydrogen-bond acceptors (Lipinski definition) is 3. The van der Waals surface area contributed by atoms with E-state index in [4.69, 9.17) is 16.5 Å². The third-order valence-corrected chi connectivity index (χ3v) is 3.28. The molecule has 0 aliphatic heterocycles. The highest BCUT2D eigenvalue weighted by Crippen LogP contribution is 2.21. The van der Waals surface area contributed by atoms with Gasteiger partial charge in [-0.15, -0.1) is 0 Å². The number of hydrogen-bond donors (Lipinski definition) is 1. The molecule has 0 aliphatic rings. The van der Waals surface area contributed by atoms with Crippen LogP contribution in [0.3, 0.4) is 0 Å². The number of ether oxygens (including phenoxy) is 1. The van der Waals surface area contributed by atoms with E-state index in [0.29, 0.717) is 6.42 Å². The van der Waals surface area contributed by atoms with E-state index in [1.165, 1.54) is 7.11 Å². The van der Waals surface area contributed by atoms with Crippen LogP contribution in [-0.4, -0.2) is 23.7 Å². The van der Waals surface area contributed by atoms with E-state index in [2.05, 4.69) is 4.84 Å². The Bertz CT molecular complexity index is 565. The zero-order valence-electron chi connectivity index (χ0n) is 10.3. The van der Waals surface area contributed by atoms with Crippen LogP contribution < -0.4 is 4.84 Å². The monoisotopic (exact) mass is 266 g/mol. The lowest BCUT2D eigenvalue weighted by molar-refractivity contribution is -0.142. The van der Waals surface area contributed by atoms with Crippen molar-refractivity contribution in [1.82, 2.24) is 9.40 Å². The number of methoxy groups -OCH3 is 1. The van der Waals surface area contributed by atoms with Crippen molar-refractivity contribution < 1.29 is 9.53 Å². The van der Waals surface area contributed by atoms with Crippen molar-refractivity contribution in [2.45, 2.75) is 12.5 Å². The summed E-state index contributed by atoms with van der Waals surface area (Å²) in [7, 11) is 3.33. The average Bonchev–Trinajstić information content (AvgIpc) is 2.72. The molecule has 1 atom stereocenters. The van der Waals surface area contributed by atoms with Gasteiger partial charge in [0.1, 0.15) is 6.04 Å². The van der Waals surface area contributed by atoms with Gasteiger partial charge in [0, 0.05) is 30.6 Å². The van der Waals surface area contributed by atoms with E-state index in [1.807, 2.05) is 42.1 Å². The van der Waals surface area contributed by atoms with E-state index in [0.717, 1.165) is 16.5 Å². The molecule has 0 fully saturated rings. The van der Waals surface area contributed by atoms with Gasteiger partial charge in [-0.1, -0.05) is 18.2 Å². The minimum absolute atomic E-state index is 0.363. The molecule has 0 amide bonds. The third kappa shape index (κ3) is 2.35. The first-order chi connectivity index (χ1) is 8.67. The van der Waals surface area contributed by atoms with Crippen LogP contribution >= 0.6 is 11.8 Å². The predicted molar refractivity (Wildman–Crippen MR) is 71.4 cm³/mol. The van der Waals surface area contributed by atoms with Gasteiger partial charge < -0.3 is 9.30 Å². The van der Waals surface area contributed by atoms with Crippen LogP contribution in [-0.2, 0) is 23.0 Å². The lowest BCUT2D eigenvalue weighted by atomic mass is 10.1. The summed E-state index contributed by atoms with van der Waals surface area (Å²) in [6, 6.07) is 7.51. The lowest BCUT2D eigenvalue weighted by Gasteiger charge is -2.11. The fraction of sp³-hybridized carbons (Fsp3) is 0.308. The van der Waals surface area contributed by atoms with Gasteiger partial charge in [-0.3, -0.25) is 4.79 Å². The molecule has 0 spiro atoms. The Morgan fingerprint density at radius 3 is 2.89 bits per heavy atom. The topological polar surface area (TPSA) is 43.3 Å². The van der Waals surface area contributed by atoms with Gasteiger partial charge >= 0.3 is 5.97 Å². The number of aromatic nitrogens is 1. The molecule has 0 bridgehead atoms. The third-order valence-electron chi connectivity index (χ3n) is 3.02. The molecule has 0 saturated heterocycles. The van der Waals surface area contributed by atoms with Crippen molar-refractivity contribution in [3.8, 4) is 0 Å². The van der Waals surface area contributed by atoms with E-state index in [1.54, 1.807) is 0 Å². The molecule has 1 aromatic carbocycles. The number of rotatable bonds is 4. The Balaban J connectivity index is 2.34. The van der Waals surface area contributed by atoms with Crippen LogP contribution in [0.25, 0.3) is 10.9 Å². The Morgan fingerprint density at radius 2 is 2.22 bits per heavy atom. The van der Waals surface area contributed by atoms with Crippen LogP contribution in [0.2, 0.25) is 0 Å². The summed E-state index contributed by atoms with van der Waals surface area (Å²) in [6.07, 6.45) is 2.51. The summed E-state index contributed by atoms with van der Waals surface area (Å²) < 4.78 is 6.74. The molecule has 2 rings (SSSR count). The lowest BCUT2D eigenvalue weighted by Crippen LogP contribution is -2.33. The SMILES string of the molecule is COC(=O)[C@H](Cc1cn(C)c2ccccc12)NCl. The minimum Gasteiger partial charge on any atom is -0.468 e. The average molecular weight is 267 g/mol. The maximum atomic E-state index is 11.5. The molecule has 1 aromatic heterocycles. The number of carbonyl (C=O) groups is 1. The van der Waals surface area contributed by atoms with Crippen LogP contribution in [0.1, 0.15) is 5.56 Å². The van der Waals surface area contributed by atoms with Crippen molar-refractivity contribution in [3.63, 3.8) is 0 Å². The van der Waals surface area contributed by atoms with Gasteiger partial charge in [-0.05, 0) is 23.4 Å². The second-order valence-electron chi connectivity index (χ2n) is 4.17. The van der Waals surface area contributed by atoms with Crippen molar-refractivity contribution >= 4 is 28.6 Å². The molecule has 96 valence electrons. The summed E-state index contributed by atoms with van der Waals surface area (Å²) in [5, 5.41) is 1.13. The van der Waals surface area contributed by atoms with Crippen molar-refractivity contribution in [3.05, 3.63) is 36.0 Å². The largest absolute Gasteiger partial charge is 0.468 e. The molecule has 0 radical (unpaired) electrons. The Hall–Kier alpha value is -1.52. The zero-order chi connectivity index (χ0) is 13.1. The molecular formula is C13H15ClN2O2. The first kappa shape index (κ1) is 12.9. The number of benzene rings is 1. The van der Waals surface area contributed by atoms with Crippen molar-refractivity contribution in [2.75, 3.05) is 7.11 Å². The predicted octanol–water partition coefficient (Wildman–Crippen LogP) is 2.01. The van der Waals surface area contributed by atoms with Gasteiger partial charge in [0.25, 0.3) is 0 Å². The summed E-state index contributed by atoms with van der Waals surface area (Å²) in [4.78, 5) is 14.0. The van der Waals surface area contributed by atoms with E-state index in [9.17, 15) is 4.79 Å². The Morgan fingerprint density at radius 1 is 1.50 bits per heavy atom. The number of fused-ring (bicyclic) bond motifs is 1. The molecule has 0 unspecified atom stereocenters. The van der Waals surface area contributed by atoms with Crippen molar-refractivity contribution in [1.29, 1.82) is 0 Å². The minimum atomic E-state index is -0.539. The second-order valence-corrected chi connectivity index (χ2v) is 4.39. The van der Waals surface area contributed by atoms with Crippen LogP contribution in [0.4, 0.5) is 0 Å². The molecular weight excluding hydrogens is 252 g/mol. The highest BCUT2D eigenvalue weighted by Gasteiger charge is 2.20. The summed E-state index contributed by atoms with van der Waals surface area (Å²) in [5.74, 6) is -0.363.